The van der Waals surface area contributed by atoms with Crippen molar-refractivity contribution >= 4 is 23.8 Å². The van der Waals surface area contributed by atoms with Crippen molar-refractivity contribution in [2.45, 2.75) is 44.6 Å². The van der Waals surface area contributed by atoms with E-state index in [1.807, 2.05) is 0 Å². The van der Waals surface area contributed by atoms with Gasteiger partial charge in [-0.15, -0.1) is 0 Å². The van der Waals surface area contributed by atoms with Gasteiger partial charge in [-0.05, 0) is 19.3 Å². The van der Waals surface area contributed by atoms with Crippen LogP contribution in [0, 0.1) is 0 Å². The fourth-order valence-corrected chi connectivity index (χ4v) is 1.84. The predicted molar refractivity (Wildman–Crippen MR) is 68.8 cm³/mol. The van der Waals surface area contributed by atoms with E-state index < -0.39 is 17.9 Å². The Balaban J connectivity index is 2.07. The molecule has 0 radical (unpaired) electrons. The molecule has 0 aromatic heterocycles. The summed E-state index contributed by atoms with van der Waals surface area (Å²) in [5.74, 6) is -1.38. The van der Waals surface area contributed by atoms with Gasteiger partial charge in [-0.2, -0.15) is 0 Å². The molecule has 0 spiro atoms. The molecule has 0 aromatic rings. The summed E-state index contributed by atoms with van der Waals surface area (Å²) in [7, 11) is 0. The van der Waals surface area contributed by atoms with Gasteiger partial charge in [0, 0.05) is 31.8 Å². The zero-order chi connectivity index (χ0) is 15.0. The minimum Gasteiger partial charge on any atom is -0.481 e. The van der Waals surface area contributed by atoms with Crippen LogP contribution >= 0.6 is 0 Å². The molecule has 1 unspecified atom stereocenters. The van der Waals surface area contributed by atoms with Crippen molar-refractivity contribution < 1.29 is 24.3 Å². The molecular weight excluding hydrogens is 266 g/mol. The fraction of sp³-hybridized carbons (Fsp3) is 0.667. The number of imide groups is 1. The lowest BCUT2D eigenvalue weighted by atomic mass is 10.2. The number of nitrogens with one attached hydrogen (secondary N) is 3. The van der Waals surface area contributed by atoms with Crippen LogP contribution in [0.4, 0.5) is 4.79 Å². The maximum atomic E-state index is 11.4. The van der Waals surface area contributed by atoms with Crippen molar-refractivity contribution in [2.75, 3.05) is 6.54 Å². The first-order valence-electron chi connectivity index (χ1n) is 6.56. The summed E-state index contributed by atoms with van der Waals surface area (Å²) in [5.41, 5.74) is 0. The molecule has 1 aliphatic rings. The Hall–Kier alpha value is -2.12. The Labute approximate surface area is 116 Å². The topological polar surface area (TPSA) is 125 Å². The van der Waals surface area contributed by atoms with E-state index in [4.69, 9.17) is 5.11 Å². The quantitative estimate of drug-likeness (QED) is 0.479. The number of urea groups is 1. The van der Waals surface area contributed by atoms with Crippen LogP contribution in [0.2, 0.25) is 0 Å². The molecule has 0 saturated carbocycles. The summed E-state index contributed by atoms with van der Waals surface area (Å²) in [6.45, 7) is 0.282. The largest absolute Gasteiger partial charge is 0.481 e. The number of hydrogen-bond acceptors (Lipinski definition) is 4. The number of aliphatic carboxylic acids is 1. The minimum absolute atomic E-state index is 0.0147. The Morgan fingerprint density at radius 3 is 2.55 bits per heavy atom. The summed E-state index contributed by atoms with van der Waals surface area (Å²) in [5, 5.41) is 15.8. The van der Waals surface area contributed by atoms with E-state index >= 15 is 0 Å². The lowest BCUT2D eigenvalue weighted by molar-refractivity contribution is -0.137. The van der Waals surface area contributed by atoms with Gasteiger partial charge in [-0.3, -0.25) is 19.7 Å². The molecule has 1 rings (SSSR count). The summed E-state index contributed by atoms with van der Waals surface area (Å²) in [6, 6.07) is -0.687. The second-order valence-electron chi connectivity index (χ2n) is 4.66. The molecule has 1 saturated heterocycles. The van der Waals surface area contributed by atoms with Gasteiger partial charge < -0.3 is 15.7 Å². The first-order valence-corrected chi connectivity index (χ1v) is 6.56. The fourth-order valence-electron chi connectivity index (χ4n) is 1.84. The van der Waals surface area contributed by atoms with Crippen molar-refractivity contribution in [3.8, 4) is 0 Å². The highest BCUT2D eigenvalue weighted by atomic mass is 16.4. The Morgan fingerprint density at radius 2 is 1.95 bits per heavy atom. The van der Waals surface area contributed by atoms with Gasteiger partial charge in [0.1, 0.15) is 0 Å². The number of amides is 4. The Morgan fingerprint density at radius 1 is 1.25 bits per heavy atom. The highest BCUT2D eigenvalue weighted by Crippen LogP contribution is 2.04. The summed E-state index contributed by atoms with van der Waals surface area (Å²) in [6.07, 6.45) is 2.07. The average molecular weight is 285 g/mol. The number of hydrogen-bond donors (Lipinski definition) is 4. The molecule has 1 fully saturated rings. The Kier molecular flexibility index (Phi) is 6.48. The van der Waals surface area contributed by atoms with Gasteiger partial charge in [0.2, 0.25) is 11.8 Å². The van der Waals surface area contributed by atoms with E-state index in [0.717, 1.165) is 0 Å². The number of carboxylic acids is 1. The van der Waals surface area contributed by atoms with Crippen LogP contribution < -0.4 is 16.0 Å². The van der Waals surface area contributed by atoms with Gasteiger partial charge in [-0.1, -0.05) is 0 Å². The SMILES string of the molecule is O=C(O)CCCCC(=O)NC(=O)NCC1CCC(=O)N1. The van der Waals surface area contributed by atoms with E-state index in [-0.39, 0.29) is 31.3 Å². The van der Waals surface area contributed by atoms with Crippen LogP contribution in [0.15, 0.2) is 0 Å². The molecule has 4 N–H and O–H groups in total. The third-order valence-corrected chi connectivity index (χ3v) is 2.89. The lowest BCUT2D eigenvalue weighted by Crippen LogP contribution is -2.44. The number of carboxylic acid groups (broad SMARTS) is 1. The summed E-state index contributed by atoms with van der Waals surface area (Å²) >= 11 is 0. The highest BCUT2D eigenvalue weighted by molar-refractivity contribution is 5.94. The lowest BCUT2D eigenvalue weighted by Gasteiger charge is -2.11. The zero-order valence-corrected chi connectivity index (χ0v) is 11.1. The molecule has 8 nitrogen and oxygen atoms in total. The first kappa shape index (κ1) is 15.9. The van der Waals surface area contributed by atoms with Gasteiger partial charge in [-0.25, -0.2) is 4.79 Å². The van der Waals surface area contributed by atoms with Crippen molar-refractivity contribution in [1.82, 2.24) is 16.0 Å². The van der Waals surface area contributed by atoms with E-state index in [9.17, 15) is 19.2 Å². The monoisotopic (exact) mass is 285 g/mol. The molecule has 4 amide bonds. The van der Waals surface area contributed by atoms with Crippen molar-refractivity contribution in [1.29, 1.82) is 0 Å². The number of carbonyl (C=O) groups excluding carboxylic acids is 3. The van der Waals surface area contributed by atoms with Crippen LogP contribution in [0.1, 0.15) is 38.5 Å². The van der Waals surface area contributed by atoms with E-state index in [2.05, 4.69) is 16.0 Å². The third kappa shape index (κ3) is 6.72. The third-order valence-electron chi connectivity index (χ3n) is 2.89. The first-order chi connectivity index (χ1) is 9.47. The van der Waals surface area contributed by atoms with Gasteiger partial charge in [0.25, 0.3) is 0 Å². The van der Waals surface area contributed by atoms with E-state index in [1.54, 1.807) is 0 Å². The number of carbonyl (C=O) groups is 4. The second-order valence-corrected chi connectivity index (χ2v) is 4.66. The number of unbranched alkanes of at least 4 members (excludes halogenated alkanes) is 1. The average Bonchev–Trinajstić information content (AvgIpc) is 2.78. The molecule has 8 heteroatoms. The maximum Gasteiger partial charge on any atom is 0.321 e. The summed E-state index contributed by atoms with van der Waals surface area (Å²) < 4.78 is 0. The predicted octanol–water partition coefficient (Wildman–Crippen LogP) is -0.264. The highest BCUT2D eigenvalue weighted by Gasteiger charge is 2.21. The smallest absolute Gasteiger partial charge is 0.321 e. The second kappa shape index (κ2) is 8.13. The van der Waals surface area contributed by atoms with E-state index in [1.165, 1.54) is 0 Å². The zero-order valence-electron chi connectivity index (χ0n) is 11.1. The van der Waals surface area contributed by atoms with Crippen LogP contribution in [-0.2, 0) is 14.4 Å². The molecule has 1 atom stereocenters. The molecule has 0 aromatic carbocycles. The Bertz CT molecular complexity index is 397. The van der Waals surface area contributed by atoms with Crippen molar-refractivity contribution in [3.05, 3.63) is 0 Å². The molecule has 112 valence electrons. The summed E-state index contributed by atoms with van der Waals surface area (Å²) in [4.78, 5) is 43.9. The molecule has 20 heavy (non-hydrogen) atoms. The van der Waals surface area contributed by atoms with Crippen LogP contribution in [0.3, 0.4) is 0 Å². The molecule has 1 aliphatic heterocycles. The standard InChI is InChI=1S/C12H19N3O5/c16-9(3-1-2-4-11(18)19)15-12(20)13-7-8-5-6-10(17)14-8/h8H,1-7H2,(H,14,17)(H,18,19)(H2,13,15,16,20). The van der Waals surface area contributed by atoms with Gasteiger partial charge in [0.05, 0.1) is 0 Å². The molecule has 0 bridgehead atoms. The van der Waals surface area contributed by atoms with Gasteiger partial charge in [0.15, 0.2) is 0 Å². The minimum atomic E-state index is -0.901. The molecular formula is C12H19N3O5. The van der Waals surface area contributed by atoms with Crippen LogP contribution in [0.5, 0.6) is 0 Å². The van der Waals surface area contributed by atoms with Crippen molar-refractivity contribution in [3.63, 3.8) is 0 Å². The normalized spacial score (nSPS) is 17.4. The van der Waals surface area contributed by atoms with Gasteiger partial charge >= 0.3 is 12.0 Å². The molecule has 1 heterocycles. The van der Waals surface area contributed by atoms with E-state index in [0.29, 0.717) is 25.7 Å². The van der Waals surface area contributed by atoms with Crippen molar-refractivity contribution in [2.24, 2.45) is 0 Å². The van der Waals surface area contributed by atoms with Crippen LogP contribution in [-0.4, -0.2) is 41.5 Å². The number of rotatable bonds is 7. The van der Waals surface area contributed by atoms with Crippen LogP contribution in [0.25, 0.3) is 0 Å². The maximum absolute atomic E-state index is 11.4. The molecule has 0 aliphatic carbocycles.